The number of amides is 1. The van der Waals surface area contributed by atoms with Crippen molar-refractivity contribution in [2.24, 2.45) is 0 Å². The lowest BCUT2D eigenvalue weighted by molar-refractivity contribution is -0.124. The van der Waals surface area contributed by atoms with Crippen LogP contribution in [0.4, 0.5) is 0 Å². The Morgan fingerprint density at radius 3 is 2.59 bits per heavy atom. The summed E-state index contributed by atoms with van der Waals surface area (Å²) in [6, 6.07) is 15.4. The Bertz CT molecular complexity index is 982. The number of methoxy groups -OCH3 is 1. The number of ether oxygens (including phenoxy) is 2. The number of hydrogen-bond donors (Lipinski definition) is 1. The van der Waals surface area contributed by atoms with Crippen molar-refractivity contribution in [3.63, 3.8) is 0 Å². The van der Waals surface area contributed by atoms with E-state index in [1.807, 2.05) is 55.5 Å². The summed E-state index contributed by atoms with van der Waals surface area (Å²) in [5.41, 5.74) is 3.43. The Balaban J connectivity index is 1.46. The highest BCUT2D eigenvalue weighted by molar-refractivity contribution is 7.13. The van der Waals surface area contributed by atoms with Gasteiger partial charge in [0.05, 0.1) is 7.11 Å². The number of hydrogen-bond acceptors (Lipinski definition) is 6. The molecule has 2 aromatic carbocycles. The van der Waals surface area contributed by atoms with Gasteiger partial charge in [-0.1, -0.05) is 24.3 Å². The van der Waals surface area contributed by atoms with Crippen LogP contribution in [0, 0.1) is 6.92 Å². The number of benzene rings is 2. The monoisotopic (exact) mass is 410 g/mol. The number of carbonyl (C=O) groups excluding carboxylic acids is 2. The van der Waals surface area contributed by atoms with Gasteiger partial charge in [0.2, 0.25) is 0 Å². The third-order valence-electron chi connectivity index (χ3n) is 4.36. The molecule has 0 aliphatic carbocycles. The molecule has 3 aromatic rings. The molecule has 0 saturated heterocycles. The zero-order valence-electron chi connectivity index (χ0n) is 16.3. The van der Waals surface area contributed by atoms with Gasteiger partial charge in [0.15, 0.2) is 12.3 Å². The minimum Gasteiger partial charge on any atom is -0.497 e. The third-order valence-corrected chi connectivity index (χ3v) is 5.25. The molecule has 0 saturated carbocycles. The fraction of sp³-hybridized carbons (Fsp3) is 0.227. The van der Waals surface area contributed by atoms with Gasteiger partial charge < -0.3 is 14.8 Å². The number of carbonyl (C=O) groups is 2. The lowest BCUT2D eigenvalue weighted by atomic mass is 10.1. The maximum atomic E-state index is 12.2. The van der Waals surface area contributed by atoms with Crippen molar-refractivity contribution in [3.05, 3.63) is 70.7 Å². The molecule has 0 spiro atoms. The molecule has 150 valence electrons. The van der Waals surface area contributed by atoms with E-state index in [1.165, 1.54) is 22.5 Å². The fourth-order valence-electron chi connectivity index (χ4n) is 2.72. The molecular formula is C22H22N2O4S. The largest absolute Gasteiger partial charge is 0.497 e. The van der Waals surface area contributed by atoms with Crippen LogP contribution in [0.2, 0.25) is 0 Å². The van der Waals surface area contributed by atoms with Gasteiger partial charge in [-0.25, -0.2) is 9.78 Å². The summed E-state index contributed by atoms with van der Waals surface area (Å²) in [5, 5.41) is 5.08. The van der Waals surface area contributed by atoms with Crippen LogP contribution < -0.4 is 10.1 Å². The van der Waals surface area contributed by atoms with Crippen molar-refractivity contribution in [3.8, 4) is 16.3 Å². The molecule has 1 heterocycles. The predicted molar refractivity (Wildman–Crippen MR) is 112 cm³/mol. The van der Waals surface area contributed by atoms with E-state index in [2.05, 4.69) is 10.3 Å². The molecule has 0 atom stereocenters. The second-order valence-corrected chi connectivity index (χ2v) is 7.23. The number of aryl methyl sites for hydroxylation is 1. The van der Waals surface area contributed by atoms with Crippen LogP contribution in [-0.4, -0.2) is 37.1 Å². The summed E-state index contributed by atoms with van der Waals surface area (Å²) in [5.74, 6) is -0.203. The van der Waals surface area contributed by atoms with E-state index in [0.717, 1.165) is 17.7 Å². The molecule has 1 N–H and O–H groups in total. The Morgan fingerprint density at radius 1 is 1.10 bits per heavy atom. The number of rotatable bonds is 8. The molecule has 0 aliphatic rings. The Labute approximate surface area is 173 Å². The van der Waals surface area contributed by atoms with E-state index in [-0.39, 0.29) is 18.2 Å². The first-order chi connectivity index (χ1) is 14.1. The lowest BCUT2D eigenvalue weighted by Gasteiger charge is -2.07. The van der Waals surface area contributed by atoms with Crippen molar-refractivity contribution in [1.82, 2.24) is 10.3 Å². The molecule has 0 bridgehead atoms. The molecule has 6 nitrogen and oxygen atoms in total. The molecule has 0 fully saturated rings. The Morgan fingerprint density at radius 2 is 1.86 bits per heavy atom. The van der Waals surface area contributed by atoms with Crippen molar-refractivity contribution < 1.29 is 19.1 Å². The van der Waals surface area contributed by atoms with Crippen LogP contribution in [-0.2, 0) is 16.0 Å². The zero-order chi connectivity index (χ0) is 20.6. The second-order valence-electron chi connectivity index (χ2n) is 6.37. The quantitative estimate of drug-likeness (QED) is 0.574. The van der Waals surface area contributed by atoms with Gasteiger partial charge >= 0.3 is 5.97 Å². The first kappa shape index (κ1) is 20.5. The molecule has 1 amide bonds. The average Bonchev–Trinajstić information content (AvgIpc) is 3.24. The average molecular weight is 410 g/mol. The van der Waals surface area contributed by atoms with Gasteiger partial charge in [0, 0.05) is 17.5 Å². The predicted octanol–water partition coefficient (Wildman–Crippen LogP) is 3.64. The van der Waals surface area contributed by atoms with Crippen LogP contribution in [0.3, 0.4) is 0 Å². The van der Waals surface area contributed by atoms with E-state index in [1.54, 1.807) is 12.5 Å². The summed E-state index contributed by atoms with van der Waals surface area (Å²) in [4.78, 5) is 28.4. The van der Waals surface area contributed by atoms with E-state index >= 15 is 0 Å². The number of nitrogens with zero attached hydrogens (tertiary/aromatic N) is 1. The minimum absolute atomic E-state index is 0.188. The first-order valence-corrected chi connectivity index (χ1v) is 10.0. The second kappa shape index (κ2) is 9.84. The SMILES string of the molecule is COc1ccc(-c2nc(C(=O)OCC(=O)NCCc3ccccc3C)cs2)cc1. The Kier molecular flexibility index (Phi) is 6.97. The molecule has 0 unspecified atom stereocenters. The zero-order valence-corrected chi connectivity index (χ0v) is 17.1. The molecular weight excluding hydrogens is 388 g/mol. The van der Waals surface area contributed by atoms with Crippen molar-refractivity contribution in [2.75, 3.05) is 20.3 Å². The van der Waals surface area contributed by atoms with Crippen molar-refractivity contribution in [1.29, 1.82) is 0 Å². The lowest BCUT2D eigenvalue weighted by Crippen LogP contribution is -2.30. The van der Waals surface area contributed by atoms with E-state index < -0.39 is 5.97 Å². The summed E-state index contributed by atoms with van der Waals surface area (Å²) in [6.07, 6.45) is 0.726. The topological polar surface area (TPSA) is 77.5 Å². The van der Waals surface area contributed by atoms with Gasteiger partial charge in [-0.2, -0.15) is 0 Å². The third kappa shape index (κ3) is 5.65. The van der Waals surface area contributed by atoms with Crippen LogP contribution >= 0.6 is 11.3 Å². The molecule has 3 rings (SSSR count). The van der Waals surface area contributed by atoms with Gasteiger partial charge in [-0.05, 0) is 48.7 Å². The van der Waals surface area contributed by atoms with Crippen LogP contribution in [0.5, 0.6) is 5.75 Å². The van der Waals surface area contributed by atoms with Crippen LogP contribution in [0.25, 0.3) is 10.6 Å². The van der Waals surface area contributed by atoms with Crippen LogP contribution in [0.15, 0.2) is 53.9 Å². The van der Waals surface area contributed by atoms with Crippen molar-refractivity contribution in [2.45, 2.75) is 13.3 Å². The van der Waals surface area contributed by atoms with Crippen LogP contribution in [0.1, 0.15) is 21.6 Å². The maximum Gasteiger partial charge on any atom is 0.358 e. The molecule has 29 heavy (non-hydrogen) atoms. The number of aromatic nitrogens is 1. The number of esters is 1. The first-order valence-electron chi connectivity index (χ1n) is 9.15. The standard InChI is InChI=1S/C22H22N2O4S/c1-15-5-3-4-6-16(15)11-12-23-20(25)13-28-22(26)19-14-29-21(24-19)17-7-9-18(27-2)10-8-17/h3-10,14H,11-13H2,1-2H3,(H,23,25). The summed E-state index contributed by atoms with van der Waals surface area (Å²) in [7, 11) is 1.60. The van der Waals surface area contributed by atoms with E-state index in [4.69, 9.17) is 9.47 Å². The van der Waals surface area contributed by atoms with Gasteiger partial charge in [0.25, 0.3) is 5.91 Å². The van der Waals surface area contributed by atoms with Crippen molar-refractivity contribution >= 4 is 23.2 Å². The molecule has 0 aliphatic heterocycles. The smallest absolute Gasteiger partial charge is 0.358 e. The maximum absolute atomic E-state index is 12.2. The highest BCUT2D eigenvalue weighted by Gasteiger charge is 2.15. The molecule has 7 heteroatoms. The molecule has 1 aromatic heterocycles. The Hall–Kier alpha value is -3.19. The van der Waals surface area contributed by atoms with Gasteiger partial charge in [-0.3, -0.25) is 4.79 Å². The molecule has 0 radical (unpaired) electrons. The number of thiazole rings is 1. The fourth-order valence-corrected chi connectivity index (χ4v) is 3.51. The summed E-state index contributed by atoms with van der Waals surface area (Å²) < 4.78 is 10.2. The van der Waals surface area contributed by atoms with E-state index in [0.29, 0.717) is 11.6 Å². The number of nitrogens with one attached hydrogen (secondary N) is 1. The summed E-state index contributed by atoms with van der Waals surface area (Å²) >= 11 is 1.34. The highest BCUT2D eigenvalue weighted by atomic mass is 32.1. The van der Waals surface area contributed by atoms with Gasteiger partial charge in [0.1, 0.15) is 10.8 Å². The normalized spacial score (nSPS) is 10.4. The highest BCUT2D eigenvalue weighted by Crippen LogP contribution is 2.25. The van der Waals surface area contributed by atoms with Gasteiger partial charge in [-0.15, -0.1) is 11.3 Å². The van der Waals surface area contributed by atoms with E-state index in [9.17, 15) is 9.59 Å². The summed E-state index contributed by atoms with van der Waals surface area (Å²) in [6.45, 7) is 2.19. The minimum atomic E-state index is -0.616.